The zero-order chi connectivity index (χ0) is 13.2. The van der Waals surface area contributed by atoms with Crippen molar-refractivity contribution in [3.8, 4) is 0 Å². The van der Waals surface area contributed by atoms with E-state index in [2.05, 4.69) is 39.8 Å². The number of hydrogen-bond acceptors (Lipinski definition) is 2. The van der Waals surface area contributed by atoms with Gasteiger partial charge in [0.2, 0.25) is 0 Å². The minimum atomic E-state index is -0.0360. The number of aliphatic hydroxyl groups excluding tert-OH is 1. The summed E-state index contributed by atoms with van der Waals surface area (Å²) in [7, 11) is 0. The van der Waals surface area contributed by atoms with Crippen molar-refractivity contribution in [1.29, 1.82) is 0 Å². The van der Waals surface area contributed by atoms with Gasteiger partial charge in [0, 0.05) is 5.39 Å². The average molecular weight is 364 g/mol. The van der Waals surface area contributed by atoms with Crippen LogP contribution in [-0.2, 0) is 6.61 Å². The summed E-state index contributed by atoms with van der Waals surface area (Å²) in [4.78, 5) is 0. The third kappa shape index (κ3) is 2.26. The van der Waals surface area contributed by atoms with Crippen molar-refractivity contribution in [2.24, 2.45) is 0 Å². The molecule has 0 radical (unpaired) electrons. The monoisotopic (exact) mass is 364 g/mol. The van der Waals surface area contributed by atoms with Crippen molar-refractivity contribution in [2.45, 2.75) is 10.7 Å². The van der Waals surface area contributed by atoms with E-state index in [9.17, 15) is 5.11 Å². The summed E-state index contributed by atoms with van der Waals surface area (Å²) in [5, 5.41) is 15.0. The summed E-state index contributed by atoms with van der Waals surface area (Å²) >= 11 is 2.37. The molecule has 19 heavy (non-hydrogen) atoms. The van der Waals surface area contributed by atoms with Crippen LogP contribution >= 0.6 is 22.6 Å². The largest absolute Gasteiger partial charge is 0.390 e. The summed E-state index contributed by atoms with van der Waals surface area (Å²) in [5.74, 6) is 0. The zero-order valence-electron chi connectivity index (χ0n) is 10.2. The van der Waals surface area contributed by atoms with Crippen LogP contribution in [0, 0.1) is 0 Å². The van der Waals surface area contributed by atoms with Gasteiger partial charge in [-0.3, -0.25) is 0 Å². The van der Waals surface area contributed by atoms with Gasteiger partial charge >= 0.3 is 0 Å². The van der Waals surface area contributed by atoms with E-state index in [0.717, 1.165) is 16.6 Å². The fraction of sp³-hybridized carbons (Fsp3) is 0.133. The van der Waals surface area contributed by atoms with Gasteiger partial charge in [-0.2, -0.15) is 5.10 Å². The second kappa shape index (κ2) is 5.30. The highest BCUT2D eigenvalue weighted by Crippen LogP contribution is 2.30. The Morgan fingerprint density at radius 3 is 2.47 bits per heavy atom. The highest BCUT2D eigenvalue weighted by Gasteiger charge is 2.16. The molecule has 2 aromatic carbocycles. The smallest absolute Gasteiger partial charge is 0.129 e. The second-order valence-electron chi connectivity index (χ2n) is 4.31. The highest BCUT2D eigenvalue weighted by molar-refractivity contribution is 14.1. The van der Waals surface area contributed by atoms with Gasteiger partial charge in [-0.1, -0.05) is 71.1 Å². The molecular weight excluding hydrogens is 351 g/mol. The molecule has 3 rings (SSSR count). The van der Waals surface area contributed by atoms with E-state index in [0.29, 0.717) is 0 Å². The van der Waals surface area contributed by atoms with E-state index in [1.54, 1.807) is 0 Å². The molecule has 3 aromatic rings. The molecule has 1 unspecified atom stereocenters. The standard InChI is InChI=1S/C15H13IN2O/c16-15(11-6-2-1-3-7-11)18-14-9-5-4-8-12(14)13(10-19)17-18/h1-9,15,19H,10H2. The Hall–Kier alpha value is -1.40. The number of halogens is 1. The molecule has 1 heterocycles. The third-order valence-corrected chi connectivity index (χ3v) is 4.38. The lowest BCUT2D eigenvalue weighted by atomic mass is 10.2. The van der Waals surface area contributed by atoms with Crippen LogP contribution in [0.15, 0.2) is 54.6 Å². The molecule has 0 amide bonds. The lowest BCUT2D eigenvalue weighted by Crippen LogP contribution is -2.05. The van der Waals surface area contributed by atoms with E-state index in [1.165, 1.54) is 5.56 Å². The molecule has 0 saturated heterocycles. The minimum Gasteiger partial charge on any atom is -0.390 e. The maximum atomic E-state index is 9.42. The maximum Gasteiger partial charge on any atom is 0.129 e. The second-order valence-corrected chi connectivity index (χ2v) is 5.49. The lowest BCUT2D eigenvalue weighted by molar-refractivity contribution is 0.277. The summed E-state index contributed by atoms with van der Waals surface area (Å²) in [6.45, 7) is -0.0360. The van der Waals surface area contributed by atoms with Crippen LogP contribution in [0.3, 0.4) is 0 Å². The van der Waals surface area contributed by atoms with Crippen LogP contribution in [0.25, 0.3) is 10.9 Å². The number of alkyl halides is 1. The van der Waals surface area contributed by atoms with Crippen molar-refractivity contribution in [2.75, 3.05) is 0 Å². The van der Waals surface area contributed by atoms with Crippen LogP contribution in [0.4, 0.5) is 0 Å². The number of aromatic nitrogens is 2. The number of nitrogens with zero attached hydrogens (tertiary/aromatic N) is 2. The van der Waals surface area contributed by atoms with Gasteiger partial charge in [0.05, 0.1) is 17.8 Å². The lowest BCUT2D eigenvalue weighted by Gasteiger charge is -2.12. The minimum absolute atomic E-state index is 0.0360. The van der Waals surface area contributed by atoms with Crippen LogP contribution in [0.1, 0.15) is 15.3 Å². The Morgan fingerprint density at radius 1 is 1.05 bits per heavy atom. The Bertz CT molecular complexity index is 694. The Kier molecular flexibility index (Phi) is 3.52. The molecule has 0 aliphatic heterocycles. The molecule has 4 heteroatoms. The molecule has 3 nitrogen and oxygen atoms in total. The predicted molar refractivity (Wildman–Crippen MR) is 84.3 cm³/mol. The van der Waals surface area contributed by atoms with Crippen LogP contribution in [-0.4, -0.2) is 14.9 Å². The van der Waals surface area contributed by atoms with E-state index < -0.39 is 0 Å². The van der Waals surface area contributed by atoms with Crippen molar-refractivity contribution in [3.63, 3.8) is 0 Å². The number of aliphatic hydroxyl groups is 1. The predicted octanol–water partition coefficient (Wildman–Crippen LogP) is 3.51. The van der Waals surface area contributed by atoms with E-state index in [4.69, 9.17) is 0 Å². The number of fused-ring (bicyclic) bond motifs is 1. The molecule has 0 bridgehead atoms. The Labute approximate surface area is 125 Å². The van der Waals surface area contributed by atoms with Gasteiger partial charge in [0.25, 0.3) is 0 Å². The number of benzene rings is 2. The van der Waals surface area contributed by atoms with E-state index >= 15 is 0 Å². The third-order valence-electron chi connectivity index (χ3n) is 3.13. The van der Waals surface area contributed by atoms with Crippen molar-refractivity contribution >= 4 is 33.5 Å². The molecule has 0 aliphatic carbocycles. The maximum absolute atomic E-state index is 9.42. The SMILES string of the molecule is OCc1nn(C(I)c2ccccc2)c2ccccc12. The molecule has 1 atom stereocenters. The van der Waals surface area contributed by atoms with Gasteiger partial charge < -0.3 is 5.11 Å². The first kappa shape index (κ1) is 12.6. The van der Waals surface area contributed by atoms with Crippen LogP contribution in [0.5, 0.6) is 0 Å². The Balaban J connectivity index is 2.15. The quantitative estimate of drug-likeness (QED) is 0.571. The summed E-state index contributed by atoms with van der Waals surface area (Å²) < 4.78 is 2.08. The van der Waals surface area contributed by atoms with Gasteiger partial charge in [-0.25, -0.2) is 4.68 Å². The first-order valence-electron chi connectivity index (χ1n) is 6.07. The fourth-order valence-electron chi connectivity index (χ4n) is 2.20. The number of hydrogen-bond donors (Lipinski definition) is 1. The summed E-state index contributed by atoms with van der Waals surface area (Å²) in [6.07, 6.45) is 0. The van der Waals surface area contributed by atoms with E-state index in [1.807, 2.05) is 47.1 Å². The average Bonchev–Trinajstić information content (AvgIpc) is 2.86. The molecule has 1 aromatic heterocycles. The Morgan fingerprint density at radius 2 is 1.74 bits per heavy atom. The van der Waals surface area contributed by atoms with Crippen LogP contribution < -0.4 is 0 Å². The van der Waals surface area contributed by atoms with E-state index in [-0.39, 0.29) is 10.7 Å². The van der Waals surface area contributed by atoms with Gasteiger partial charge in [0.15, 0.2) is 0 Å². The van der Waals surface area contributed by atoms with Crippen LogP contribution in [0.2, 0.25) is 0 Å². The molecule has 0 saturated carbocycles. The zero-order valence-corrected chi connectivity index (χ0v) is 12.4. The highest BCUT2D eigenvalue weighted by atomic mass is 127. The number of para-hydroxylation sites is 1. The molecule has 0 spiro atoms. The normalized spacial score (nSPS) is 12.7. The topological polar surface area (TPSA) is 38.1 Å². The molecule has 1 N–H and O–H groups in total. The molecule has 0 aliphatic rings. The summed E-state index contributed by atoms with van der Waals surface area (Å²) in [5.41, 5.74) is 2.98. The fourth-order valence-corrected chi connectivity index (χ4v) is 3.04. The van der Waals surface area contributed by atoms with Gasteiger partial charge in [-0.05, 0) is 11.6 Å². The first-order valence-corrected chi connectivity index (χ1v) is 7.32. The molecule has 96 valence electrons. The molecule has 0 fully saturated rings. The van der Waals surface area contributed by atoms with Crippen molar-refractivity contribution in [1.82, 2.24) is 9.78 Å². The summed E-state index contributed by atoms with van der Waals surface area (Å²) in [6, 6.07) is 18.2. The first-order chi connectivity index (χ1) is 9.31. The van der Waals surface area contributed by atoms with Gasteiger partial charge in [-0.15, -0.1) is 0 Å². The van der Waals surface area contributed by atoms with Crippen molar-refractivity contribution < 1.29 is 5.11 Å². The number of rotatable bonds is 3. The van der Waals surface area contributed by atoms with Crippen molar-refractivity contribution in [3.05, 3.63) is 65.9 Å². The van der Waals surface area contributed by atoms with Gasteiger partial charge in [0.1, 0.15) is 4.05 Å². The molecular formula is C15H13IN2O.